The van der Waals surface area contributed by atoms with Gasteiger partial charge in [0.25, 0.3) is 0 Å². The number of aliphatic imine (C=N–C) groups is 1. The lowest BCUT2D eigenvalue weighted by Gasteiger charge is -2.13. The van der Waals surface area contributed by atoms with Crippen LogP contribution >= 0.6 is 15.9 Å². The average Bonchev–Trinajstić information content (AvgIpc) is 3.45. The minimum Gasteiger partial charge on any atom is -0.472 e. The Bertz CT molecular complexity index is 772. The maximum atomic E-state index is 6.00. The van der Waals surface area contributed by atoms with Crippen LogP contribution in [0.2, 0.25) is 0 Å². The molecule has 1 aliphatic rings. The summed E-state index contributed by atoms with van der Waals surface area (Å²) in [4.78, 5) is 11.5. The van der Waals surface area contributed by atoms with Crippen molar-refractivity contribution < 1.29 is 4.74 Å². The smallest absolute Gasteiger partial charge is 0.228 e. The Morgan fingerprint density at radius 2 is 2.12 bits per heavy atom. The van der Waals surface area contributed by atoms with Crippen LogP contribution in [-0.4, -0.2) is 29.8 Å². The third-order valence-electron chi connectivity index (χ3n) is 4.43. The molecule has 25 heavy (non-hydrogen) atoms. The maximum Gasteiger partial charge on any atom is 0.228 e. The van der Waals surface area contributed by atoms with E-state index in [1.165, 1.54) is 24.0 Å². The number of pyridine rings is 1. The summed E-state index contributed by atoms with van der Waals surface area (Å²) in [6, 6.07) is 10.3. The molecule has 0 N–H and O–H groups in total. The lowest BCUT2D eigenvalue weighted by Crippen LogP contribution is -2.14. The number of benzene rings is 1. The van der Waals surface area contributed by atoms with Crippen LogP contribution in [0.1, 0.15) is 42.5 Å². The zero-order valence-electron chi connectivity index (χ0n) is 15.0. The summed E-state index contributed by atoms with van der Waals surface area (Å²) in [6.07, 6.45) is 4.22. The second kappa shape index (κ2) is 8.00. The predicted octanol–water partition coefficient (Wildman–Crippen LogP) is 5.22. The van der Waals surface area contributed by atoms with Crippen molar-refractivity contribution in [3.05, 3.63) is 51.6 Å². The Morgan fingerprint density at radius 1 is 1.36 bits per heavy atom. The van der Waals surface area contributed by atoms with Crippen molar-refractivity contribution in [3.63, 3.8) is 0 Å². The number of hydrogen-bond donors (Lipinski definition) is 0. The monoisotopic (exact) mass is 401 g/mol. The van der Waals surface area contributed by atoms with E-state index in [0.29, 0.717) is 18.4 Å². The van der Waals surface area contributed by atoms with Crippen molar-refractivity contribution in [2.75, 3.05) is 13.6 Å². The molecule has 0 unspecified atom stereocenters. The molecule has 1 aliphatic carbocycles. The van der Waals surface area contributed by atoms with Crippen molar-refractivity contribution in [1.82, 2.24) is 9.88 Å². The molecule has 2 aromatic rings. The van der Waals surface area contributed by atoms with Crippen LogP contribution in [0.15, 0.2) is 39.8 Å². The number of ether oxygens (including phenoxy) is 1. The molecule has 0 saturated heterocycles. The van der Waals surface area contributed by atoms with E-state index < -0.39 is 0 Å². The molecule has 0 atom stereocenters. The SMILES string of the molecule is CCN(C)C=Nc1cc(Br)c(OCc2ccccc2C)nc1C1CC1. The van der Waals surface area contributed by atoms with E-state index in [4.69, 9.17) is 9.72 Å². The molecule has 0 bridgehead atoms. The minimum absolute atomic E-state index is 0.507. The highest BCUT2D eigenvalue weighted by Crippen LogP contribution is 2.45. The number of halogens is 1. The highest BCUT2D eigenvalue weighted by Gasteiger charge is 2.29. The van der Waals surface area contributed by atoms with Crippen molar-refractivity contribution >= 4 is 28.0 Å². The van der Waals surface area contributed by atoms with Gasteiger partial charge >= 0.3 is 0 Å². The Hall–Kier alpha value is -1.88. The van der Waals surface area contributed by atoms with E-state index in [1.807, 2.05) is 36.5 Å². The van der Waals surface area contributed by atoms with Crippen LogP contribution in [0, 0.1) is 6.92 Å². The van der Waals surface area contributed by atoms with Gasteiger partial charge in [-0.05, 0) is 59.8 Å². The molecule has 132 valence electrons. The molecule has 4 nitrogen and oxygen atoms in total. The van der Waals surface area contributed by atoms with Crippen LogP contribution in [0.25, 0.3) is 0 Å². The normalized spacial score (nSPS) is 14.1. The first kappa shape index (κ1) is 17.9. The van der Waals surface area contributed by atoms with Gasteiger partial charge in [0.15, 0.2) is 0 Å². The Labute approximate surface area is 158 Å². The van der Waals surface area contributed by atoms with Gasteiger partial charge in [-0.15, -0.1) is 0 Å². The number of rotatable bonds is 7. The van der Waals surface area contributed by atoms with E-state index in [2.05, 4.69) is 46.9 Å². The zero-order chi connectivity index (χ0) is 17.8. The van der Waals surface area contributed by atoms with Crippen molar-refractivity contribution in [1.29, 1.82) is 0 Å². The highest BCUT2D eigenvalue weighted by molar-refractivity contribution is 9.10. The fourth-order valence-electron chi connectivity index (χ4n) is 2.50. The summed E-state index contributed by atoms with van der Waals surface area (Å²) in [5, 5.41) is 0. The van der Waals surface area contributed by atoms with Gasteiger partial charge in [0.1, 0.15) is 6.61 Å². The second-order valence-corrected chi connectivity index (χ2v) is 7.34. The fourth-order valence-corrected chi connectivity index (χ4v) is 2.92. The molecular weight excluding hydrogens is 378 g/mol. The van der Waals surface area contributed by atoms with Gasteiger partial charge in [0.05, 0.1) is 22.2 Å². The molecule has 0 spiro atoms. The number of aromatic nitrogens is 1. The number of hydrogen-bond acceptors (Lipinski definition) is 3. The van der Waals surface area contributed by atoms with Gasteiger partial charge in [-0.3, -0.25) is 0 Å². The summed E-state index contributed by atoms with van der Waals surface area (Å²) in [7, 11) is 2.02. The fraction of sp³-hybridized carbons (Fsp3) is 0.400. The van der Waals surface area contributed by atoms with Crippen LogP contribution in [0.5, 0.6) is 5.88 Å². The lowest BCUT2D eigenvalue weighted by molar-refractivity contribution is 0.290. The largest absolute Gasteiger partial charge is 0.472 e. The molecule has 1 aromatic heterocycles. The van der Waals surface area contributed by atoms with E-state index in [9.17, 15) is 0 Å². The summed E-state index contributed by atoms with van der Waals surface area (Å²) in [5.41, 5.74) is 4.38. The quantitative estimate of drug-likeness (QED) is 0.471. The first-order valence-electron chi connectivity index (χ1n) is 8.70. The van der Waals surface area contributed by atoms with Crippen LogP contribution in [0.4, 0.5) is 5.69 Å². The van der Waals surface area contributed by atoms with Crippen molar-refractivity contribution in [3.8, 4) is 5.88 Å². The van der Waals surface area contributed by atoms with Crippen molar-refractivity contribution in [2.24, 2.45) is 4.99 Å². The van der Waals surface area contributed by atoms with Gasteiger partial charge in [-0.25, -0.2) is 9.98 Å². The Kier molecular flexibility index (Phi) is 5.74. The molecule has 5 heteroatoms. The second-order valence-electron chi connectivity index (χ2n) is 6.49. The van der Waals surface area contributed by atoms with Gasteiger partial charge in [-0.1, -0.05) is 24.3 Å². The third-order valence-corrected chi connectivity index (χ3v) is 5.00. The summed E-state index contributed by atoms with van der Waals surface area (Å²) < 4.78 is 6.85. The van der Waals surface area contributed by atoms with E-state index in [-0.39, 0.29) is 0 Å². The Morgan fingerprint density at radius 3 is 2.80 bits per heavy atom. The molecule has 1 heterocycles. The predicted molar refractivity (Wildman–Crippen MR) is 106 cm³/mol. The van der Waals surface area contributed by atoms with Gasteiger partial charge in [0, 0.05) is 19.5 Å². The molecule has 1 aromatic carbocycles. The van der Waals surface area contributed by atoms with E-state index in [1.54, 1.807) is 0 Å². The summed E-state index contributed by atoms with van der Waals surface area (Å²) in [6.45, 7) is 5.64. The molecular formula is C20H24BrN3O. The van der Waals surface area contributed by atoms with Crippen LogP contribution in [-0.2, 0) is 6.61 Å². The van der Waals surface area contributed by atoms with Gasteiger partial charge < -0.3 is 9.64 Å². The van der Waals surface area contributed by atoms with Crippen LogP contribution < -0.4 is 4.74 Å². The maximum absolute atomic E-state index is 6.00. The first-order chi connectivity index (χ1) is 12.1. The lowest BCUT2D eigenvalue weighted by atomic mass is 10.1. The first-order valence-corrected chi connectivity index (χ1v) is 9.50. The molecule has 1 saturated carbocycles. The van der Waals surface area contributed by atoms with E-state index >= 15 is 0 Å². The average molecular weight is 402 g/mol. The standard InChI is InChI=1S/C20H24BrN3O/c1-4-24(3)13-22-18-11-17(21)20(23-19(18)15-9-10-15)25-12-16-8-6-5-7-14(16)2/h5-8,11,13,15H,4,9-10,12H2,1-3H3. The molecule has 0 aliphatic heterocycles. The molecule has 1 fully saturated rings. The minimum atomic E-state index is 0.507. The third kappa shape index (κ3) is 4.60. The van der Waals surface area contributed by atoms with Crippen molar-refractivity contribution in [2.45, 2.75) is 39.2 Å². The summed E-state index contributed by atoms with van der Waals surface area (Å²) in [5.74, 6) is 1.15. The molecule has 0 amide bonds. The highest BCUT2D eigenvalue weighted by atomic mass is 79.9. The van der Waals surface area contributed by atoms with Gasteiger partial charge in [0.2, 0.25) is 5.88 Å². The summed E-state index contributed by atoms with van der Waals surface area (Å²) >= 11 is 3.59. The Balaban J connectivity index is 1.82. The zero-order valence-corrected chi connectivity index (χ0v) is 16.6. The topological polar surface area (TPSA) is 37.7 Å². The molecule has 0 radical (unpaired) electrons. The van der Waals surface area contributed by atoms with Gasteiger partial charge in [-0.2, -0.15) is 0 Å². The number of aryl methyl sites for hydroxylation is 1. The molecule has 3 rings (SSSR count). The van der Waals surface area contributed by atoms with E-state index in [0.717, 1.165) is 22.4 Å². The van der Waals surface area contributed by atoms with Crippen LogP contribution in [0.3, 0.4) is 0 Å². The number of nitrogens with zero attached hydrogens (tertiary/aromatic N) is 3.